The number of rotatable bonds is 4. The van der Waals surface area contributed by atoms with E-state index in [1.165, 1.54) is 0 Å². The number of benzene rings is 2. The highest BCUT2D eigenvalue weighted by atomic mass is 35.5. The van der Waals surface area contributed by atoms with E-state index in [1.807, 2.05) is 30.3 Å². The summed E-state index contributed by atoms with van der Waals surface area (Å²) < 4.78 is 0. The lowest BCUT2D eigenvalue weighted by molar-refractivity contribution is 0.244. The molecule has 0 aromatic heterocycles. The number of amides is 2. The van der Waals surface area contributed by atoms with Crippen LogP contribution < -0.4 is 10.6 Å². The molecular formula is C16H14Cl2N2O. The molecule has 108 valence electrons. The third-order valence-corrected chi connectivity index (χ3v) is 3.35. The predicted molar refractivity (Wildman–Crippen MR) is 87.3 cm³/mol. The third-order valence-electron chi connectivity index (χ3n) is 2.75. The fraction of sp³-hybridized carbons (Fsp3) is 0.0625. The minimum Gasteiger partial charge on any atom is -0.334 e. The van der Waals surface area contributed by atoms with Crippen molar-refractivity contribution in [2.24, 2.45) is 0 Å². The molecule has 0 fully saturated rings. The van der Waals surface area contributed by atoms with Gasteiger partial charge in [0, 0.05) is 22.8 Å². The van der Waals surface area contributed by atoms with E-state index in [0.717, 1.165) is 11.1 Å². The SMILES string of the molecule is O=C(N/C=C/c1ccccc1Cl)NCc1ccc(Cl)cc1. The Balaban J connectivity index is 1.80. The molecule has 0 unspecified atom stereocenters. The maximum absolute atomic E-state index is 11.6. The lowest BCUT2D eigenvalue weighted by atomic mass is 10.2. The van der Waals surface area contributed by atoms with Gasteiger partial charge in [0.25, 0.3) is 0 Å². The van der Waals surface area contributed by atoms with Crippen molar-refractivity contribution in [2.45, 2.75) is 6.54 Å². The smallest absolute Gasteiger partial charge is 0.319 e. The van der Waals surface area contributed by atoms with E-state index in [1.54, 1.807) is 30.5 Å². The number of carbonyl (C=O) groups is 1. The summed E-state index contributed by atoms with van der Waals surface area (Å²) in [5, 5.41) is 6.67. The highest BCUT2D eigenvalue weighted by Crippen LogP contribution is 2.15. The van der Waals surface area contributed by atoms with Gasteiger partial charge in [-0.05, 0) is 35.4 Å². The number of carbonyl (C=O) groups excluding carboxylic acids is 1. The zero-order valence-electron chi connectivity index (χ0n) is 11.1. The van der Waals surface area contributed by atoms with Crippen LogP contribution in [0.5, 0.6) is 0 Å². The van der Waals surface area contributed by atoms with Crippen molar-refractivity contribution < 1.29 is 4.79 Å². The average molecular weight is 321 g/mol. The quantitative estimate of drug-likeness (QED) is 0.857. The van der Waals surface area contributed by atoms with Crippen LogP contribution in [0.25, 0.3) is 6.08 Å². The molecule has 5 heteroatoms. The average Bonchev–Trinajstić information content (AvgIpc) is 2.49. The van der Waals surface area contributed by atoms with Crippen LogP contribution in [-0.4, -0.2) is 6.03 Å². The Labute approximate surface area is 133 Å². The second-order valence-electron chi connectivity index (χ2n) is 4.31. The first kappa shape index (κ1) is 15.4. The van der Waals surface area contributed by atoms with E-state index < -0.39 is 0 Å². The Morgan fingerprint density at radius 1 is 1.05 bits per heavy atom. The first-order valence-electron chi connectivity index (χ1n) is 6.35. The molecule has 0 aliphatic rings. The number of urea groups is 1. The minimum absolute atomic E-state index is 0.284. The van der Waals surface area contributed by atoms with Gasteiger partial charge in [-0.2, -0.15) is 0 Å². The summed E-state index contributed by atoms with van der Waals surface area (Å²) in [5.74, 6) is 0. The van der Waals surface area contributed by atoms with E-state index in [0.29, 0.717) is 16.6 Å². The van der Waals surface area contributed by atoms with Crippen LogP contribution in [0, 0.1) is 0 Å². The molecule has 21 heavy (non-hydrogen) atoms. The zero-order chi connectivity index (χ0) is 15.1. The van der Waals surface area contributed by atoms with Gasteiger partial charge >= 0.3 is 6.03 Å². The van der Waals surface area contributed by atoms with Gasteiger partial charge in [-0.25, -0.2) is 4.79 Å². The summed E-state index contributed by atoms with van der Waals surface area (Å²) in [6.07, 6.45) is 3.29. The fourth-order valence-corrected chi connectivity index (χ4v) is 1.98. The summed E-state index contributed by atoms with van der Waals surface area (Å²) in [7, 11) is 0. The number of hydrogen-bond donors (Lipinski definition) is 2. The van der Waals surface area contributed by atoms with Gasteiger partial charge in [0.1, 0.15) is 0 Å². The molecule has 0 bridgehead atoms. The summed E-state index contributed by atoms with van der Waals surface area (Å²) >= 11 is 11.8. The molecular weight excluding hydrogens is 307 g/mol. The molecule has 0 saturated heterocycles. The van der Waals surface area contributed by atoms with Crippen LogP contribution in [0.15, 0.2) is 54.7 Å². The molecule has 2 amide bonds. The Morgan fingerprint density at radius 3 is 2.48 bits per heavy atom. The maximum atomic E-state index is 11.6. The molecule has 0 spiro atoms. The van der Waals surface area contributed by atoms with E-state index >= 15 is 0 Å². The van der Waals surface area contributed by atoms with Gasteiger partial charge in [0.05, 0.1) is 0 Å². The Morgan fingerprint density at radius 2 is 1.76 bits per heavy atom. The monoisotopic (exact) mass is 320 g/mol. The van der Waals surface area contributed by atoms with Crippen molar-refractivity contribution in [3.05, 3.63) is 75.9 Å². The third kappa shape index (κ3) is 5.14. The van der Waals surface area contributed by atoms with Crippen molar-refractivity contribution in [3.63, 3.8) is 0 Å². The highest BCUT2D eigenvalue weighted by molar-refractivity contribution is 6.32. The summed E-state index contributed by atoms with van der Waals surface area (Å²) in [5.41, 5.74) is 1.82. The highest BCUT2D eigenvalue weighted by Gasteiger charge is 1.98. The van der Waals surface area contributed by atoms with Gasteiger partial charge in [-0.1, -0.05) is 53.5 Å². The van der Waals surface area contributed by atoms with Crippen molar-refractivity contribution in [3.8, 4) is 0 Å². The lowest BCUT2D eigenvalue weighted by Gasteiger charge is -2.05. The summed E-state index contributed by atoms with van der Waals surface area (Å²) in [6.45, 7) is 0.433. The Bertz CT molecular complexity index is 639. The second kappa shape index (κ2) is 7.72. The van der Waals surface area contributed by atoms with E-state index in [9.17, 15) is 4.79 Å². The van der Waals surface area contributed by atoms with Crippen LogP contribution >= 0.6 is 23.2 Å². The molecule has 3 nitrogen and oxygen atoms in total. The van der Waals surface area contributed by atoms with Gasteiger partial charge in [0.2, 0.25) is 0 Å². The van der Waals surface area contributed by atoms with E-state index in [4.69, 9.17) is 23.2 Å². The van der Waals surface area contributed by atoms with Gasteiger partial charge in [-0.3, -0.25) is 0 Å². The van der Waals surface area contributed by atoms with Crippen molar-refractivity contribution >= 4 is 35.3 Å². The maximum Gasteiger partial charge on any atom is 0.319 e. The molecule has 0 aliphatic carbocycles. The first-order chi connectivity index (χ1) is 10.1. The Kier molecular flexibility index (Phi) is 5.67. The molecule has 2 rings (SSSR count). The largest absolute Gasteiger partial charge is 0.334 e. The normalized spacial score (nSPS) is 10.6. The van der Waals surface area contributed by atoms with Gasteiger partial charge < -0.3 is 10.6 Å². The van der Waals surface area contributed by atoms with Crippen LogP contribution in [0.3, 0.4) is 0 Å². The lowest BCUT2D eigenvalue weighted by Crippen LogP contribution is -2.31. The van der Waals surface area contributed by atoms with Gasteiger partial charge in [-0.15, -0.1) is 0 Å². The number of nitrogens with one attached hydrogen (secondary N) is 2. The van der Waals surface area contributed by atoms with Crippen LogP contribution in [0.1, 0.15) is 11.1 Å². The summed E-state index contributed by atoms with van der Waals surface area (Å²) in [6, 6.07) is 14.4. The topological polar surface area (TPSA) is 41.1 Å². The molecule has 0 aliphatic heterocycles. The minimum atomic E-state index is -0.284. The second-order valence-corrected chi connectivity index (χ2v) is 5.15. The molecule has 0 atom stereocenters. The molecule has 0 radical (unpaired) electrons. The molecule has 2 N–H and O–H groups in total. The van der Waals surface area contributed by atoms with Crippen molar-refractivity contribution in [2.75, 3.05) is 0 Å². The van der Waals surface area contributed by atoms with Crippen LogP contribution in [0.4, 0.5) is 4.79 Å². The molecule has 0 heterocycles. The fourth-order valence-electron chi connectivity index (χ4n) is 1.65. The molecule has 0 saturated carbocycles. The number of halogens is 2. The van der Waals surface area contributed by atoms with E-state index in [2.05, 4.69) is 10.6 Å². The van der Waals surface area contributed by atoms with Crippen LogP contribution in [-0.2, 0) is 6.54 Å². The molecule has 2 aromatic carbocycles. The van der Waals surface area contributed by atoms with Crippen LogP contribution in [0.2, 0.25) is 10.0 Å². The van der Waals surface area contributed by atoms with E-state index in [-0.39, 0.29) is 6.03 Å². The first-order valence-corrected chi connectivity index (χ1v) is 7.10. The van der Waals surface area contributed by atoms with Gasteiger partial charge in [0.15, 0.2) is 0 Å². The zero-order valence-corrected chi connectivity index (χ0v) is 12.7. The predicted octanol–water partition coefficient (Wildman–Crippen LogP) is 4.46. The Hall–Kier alpha value is -1.97. The standard InChI is InChI=1S/C16H14Cl2N2O/c17-14-7-5-12(6-8-14)11-20-16(21)19-10-9-13-3-1-2-4-15(13)18/h1-10H,11H2,(H2,19,20,21)/b10-9+. The van der Waals surface area contributed by atoms with Crippen molar-refractivity contribution in [1.82, 2.24) is 10.6 Å². The molecule has 2 aromatic rings. The summed E-state index contributed by atoms with van der Waals surface area (Å²) in [4.78, 5) is 11.6. The van der Waals surface area contributed by atoms with Crippen molar-refractivity contribution in [1.29, 1.82) is 0 Å². The number of hydrogen-bond acceptors (Lipinski definition) is 1.